The topological polar surface area (TPSA) is 52.7 Å². The van der Waals surface area contributed by atoms with E-state index in [4.69, 9.17) is 11.6 Å². The first-order valence-corrected chi connectivity index (χ1v) is 10.2. The Morgan fingerprint density at radius 2 is 1.62 bits per heavy atom. The van der Waals surface area contributed by atoms with Gasteiger partial charge in [-0.05, 0) is 54.8 Å². The van der Waals surface area contributed by atoms with Gasteiger partial charge in [0.15, 0.2) is 0 Å². The fourth-order valence-corrected chi connectivity index (χ4v) is 3.47. The van der Waals surface area contributed by atoms with E-state index < -0.39 is 0 Å². The molecule has 2 amide bonds. The number of amides is 2. The van der Waals surface area contributed by atoms with Crippen LogP contribution in [-0.2, 0) is 16.0 Å². The number of halogens is 2. The lowest BCUT2D eigenvalue weighted by Crippen LogP contribution is -2.50. The summed E-state index contributed by atoms with van der Waals surface area (Å²) in [6.07, 6.45) is 2.18. The maximum Gasteiger partial charge on any atom is 0.238 e. The Hall–Kier alpha value is -2.44. The summed E-state index contributed by atoms with van der Waals surface area (Å²) in [5.74, 6) is -0.314. The highest BCUT2D eigenvalue weighted by atomic mass is 35.5. The molecular formula is C22H25ClFN3O2. The molecule has 2 aromatic rings. The molecule has 0 atom stereocenters. The molecule has 0 unspecified atom stereocenters. The Bertz CT molecular complexity index is 819. The lowest BCUT2D eigenvalue weighted by molar-refractivity contribution is -0.133. The third-order valence-corrected chi connectivity index (χ3v) is 5.24. The summed E-state index contributed by atoms with van der Waals surface area (Å²) in [5, 5.41) is 3.48. The van der Waals surface area contributed by atoms with Crippen LogP contribution in [0.1, 0.15) is 18.4 Å². The normalized spacial score (nSPS) is 14.6. The zero-order valence-electron chi connectivity index (χ0n) is 16.2. The summed E-state index contributed by atoms with van der Waals surface area (Å²) in [6.45, 7) is 2.85. The number of hydrogen-bond acceptors (Lipinski definition) is 3. The predicted octanol–water partition coefficient (Wildman–Crippen LogP) is 3.58. The van der Waals surface area contributed by atoms with E-state index in [0.29, 0.717) is 43.3 Å². The van der Waals surface area contributed by atoms with Crippen molar-refractivity contribution in [3.05, 3.63) is 64.9 Å². The average molecular weight is 418 g/mol. The first-order valence-electron chi connectivity index (χ1n) is 9.79. The molecule has 29 heavy (non-hydrogen) atoms. The molecule has 3 rings (SSSR count). The second-order valence-electron chi connectivity index (χ2n) is 7.19. The molecular weight excluding hydrogens is 393 g/mol. The first kappa shape index (κ1) is 21.3. The number of nitrogens with zero attached hydrogens (tertiary/aromatic N) is 2. The van der Waals surface area contributed by atoms with Gasteiger partial charge in [-0.15, -0.1) is 0 Å². The molecule has 7 heteroatoms. The van der Waals surface area contributed by atoms with E-state index in [2.05, 4.69) is 5.32 Å². The third kappa shape index (κ3) is 6.84. The van der Waals surface area contributed by atoms with Crippen LogP contribution in [0.4, 0.5) is 10.1 Å². The van der Waals surface area contributed by atoms with Crippen LogP contribution < -0.4 is 5.32 Å². The van der Waals surface area contributed by atoms with Gasteiger partial charge in [-0.3, -0.25) is 14.5 Å². The van der Waals surface area contributed by atoms with E-state index in [1.807, 2.05) is 34.1 Å². The largest absolute Gasteiger partial charge is 0.340 e. The molecule has 0 aliphatic carbocycles. The quantitative estimate of drug-likeness (QED) is 0.749. The molecule has 1 heterocycles. The van der Waals surface area contributed by atoms with Gasteiger partial charge in [0.05, 0.1) is 6.54 Å². The monoisotopic (exact) mass is 417 g/mol. The summed E-state index contributed by atoms with van der Waals surface area (Å²) < 4.78 is 12.9. The predicted molar refractivity (Wildman–Crippen MR) is 112 cm³/mol. The molecule has 0 radical (unpaired) electrons. The van der Waals surface area contributed by atoms with Gasteiger partial charge in [-0.25, -0.2) is 4.39 Å². The number of rotatable bonds is 7. The van der Waals surface area contributed by atoms with E-state index in [-0.39, 0.29) is 24.2 Å². The molecule has 1 fully saturated rings. The van der Waals surface area contributed by atoms with E-state index in [0.717, 1.165) is 12.8 Å². The molecule has 0 aromatic heterocycles. The van der Waals surface area contributed by atoms with Gasteiger partial charge in [0.25, 0.3) is 0 Å². The van der Waals surface area contributed by atoms with Gasteiger partial charge >= 0.3 is 0 Å². The molecule has 1 aliphatic heterocycles. The Labute approximate surface area is 175 Å². The standard InChI is InChI=1S/C22H25ClFN3O2/c23-18-6-4-17(5-7-18)2-1-3-22(29)27-14-12-26(13-15-27)16-21(28)25-20-10-8-19(24)9-11-20/h4-11H,1-3,12-16H2,(H,25,28). The average Bonchev–Trinajstić information content (AvgIpc) is 2.71. The number of aryl methyl sites for hydroxylation is 1. The molecule has 2 aromatic carbocycles. The second-order valence-corrected chi connectivity index (χ2v) is 7.63. The van der Waals surface area contributed by atoms with Crippen molar-refractivity contribution >= 4 is 29.1 Å². The Morgan fingerprint density at radius 1 is 0.966 bits per heavy atom. The number of piperazine rings is 1. The number of carbonyl (C=O) groups is 2. The van der Waals surface area contributed by atoms with Gasteiger partial charge in [0.2, 0.25) is 11.8 Å². The zero-order chi connectivity index (χ0) is 20.6. The summed E-state index contributed by atoms with van der Waals surface area (Å²) in [7, 11) is 0. The van der Waals surface area contributed by atoms with Crippen molar-refractivity contribution in [3.8, 4) is 0 Å². The van der Waals surface area contributed by atoms with E-state index in [1.54, 1.807) is 0 Å². The molecule has 0 bridgehead atoms. The Morgan fingerprint density at radius 3 is 2.28 bits per heavy atom. The van der Waals surface area contributed by atoms with Crippen molar-refractivity contribution in [2.45, 2.75) is 19.3 Å². The molecule has 154 valence electrons. The first-order chi connectivity index (χ1) is 14.0. The van der Waals surface area contributed by atoms with Crippen LogP contribution in [0.2, 0.25) is 5.02 Å². The van der Waals surface area contributed by atoms with Crippen molar-refractivity contribution in [3.63, 3.8) is 0 Å². The van der Waals surface area contributed by atoms with Crippen LogP contribution in [0, 0.1) is 5.82 Å². The number of hydrogen-bond donors (Lipinski definition) is 1. The van der Waals surface area contributed by atoms with E-state index in [1.165, 1.54) is 29.8 Å². The minimum absolute atomic E-state index is 0.139. The van der Waals surface area contributed by atoms with Gasteiger partial charge < -0.3 is 10.2 Å². The second kappa shape index (κ2) is 10.4. The summed E-state index contributed by atoms with van der Waals surface area (Å²) in [5.41, 5.74) is 1.75. The molecule has 1 aliphatic rings. The number of carbonyl (C=O) groups excluding carboxylic acids is 2. The van der Waals surface area contributed by atoms with Crippen molar-refractivity contribution in [2.24, 2.45) is 0 Å². The minimum atomic E-state index is -0.336. The maximum atomic E-state index is 12.9. The van der Waals surface area contributed by atoms with Crippen LogP contribution in [0.15, 0.2) is 48.5 Å². The van der Waals surface area contributed by atoms with Crippen molar-refractivity contribution in [2.75, 3.05) is 38.0 Å². The third-order valence-electron chi connectivity index (χ3n) is 4.99. The highest BCUT2D eigenvalue weighted by Crippen LogP contribution is 2.13. The van der Waals surface area contributed by atoms with Crippen LogP contribution in [0.5, 0.6) is 0 Å². The molecule has 0 spiro atoms. The molecule has 1 saturated heterocycles. The van der Waals surface area contributed by atoms with Gasteiger partial charge in [0, 0.05) is 43.3 Å². The van der Waals surface area contributed by atoms with E-state index >= 15 is 0 Å². The highest BCUT2D eigenvalue weighted by Gasteiger charge is 2.22. The highest BCUT2D eigenvalue weighted by molar-refractivity contribution is 6.30. The van der Waals surface area contributed by atoms with Crippen LogP contribution >= 0.6 is 11.6 Å². The van der Waals surface area contributed by atoms with E-state index in [9.17, 15) is 14.0 Å². The zero-order valence-corrected chi connectivity index (χ0v) is 17.0. The Kier molecular flexibility index (Phi) is 7.61. The minimum Gasteiger partial charge on any atom is -0.340 e. The van der Waals surface area contributed by atoms with Crippen molar-refractivity contribution in [1.82, 2.24) is 9.80 Å². The lowest BCUT2D eigenvalue weighted by Gasteiger charge is -2.34. The fourth-order valence-electron chi connectivity index (χ4n) is 3.35. The SMILES string of the molecule is O=C(CN1CCN(C(=O)CCCc2ccc(Cl)cc2)CC1)Nc1ccc(F)cc1. The lowest BCUT2D eigenvalue weighted by atomic mass is 10.1. The maximum absolute atomic E-state index is 12.9. The molecule has 0 saturated carbocycles. The van der Waals surface area contributed by atoms with Crippen molar-refractivity contribution in [1.29, 1.82) is 0 Å². The summed E-state index contributed by atoms with van der Waals surface area (Å²) in [4.78, 5) is 28.5. The number of nitrogens with one attached hydrogen (secondary N) is 1. The van der Waals surface area contributed by atoms with Gasteiger partial charge in [0.1, 0.15) is 5.82 Å². The smallest absolute Gasteiger partial charge is 0.238 e. The van der Waals surface area contributed by atoms with Crippen LogP contribution in [0.3, 0.4) is 0 Å². The van der Waals surface area contributed by atoms with Crippen LogP contribution in [-0.4, -0.2) is 54.3 Å². The number of anilines is 1. The molecule has 5 nitrogen and oxygen atoms in total. The summed E-state index contributed by atoms with van der Waals surface area (Å²) in [6, 6.07) is 13.4. The summed E-state index contributed by atoms with van der Waals surface area (Å²) >= 11 is 5.88. The number of benzene rings is 2. The van der Waals surface area contributed by atoms with Gasteiger partial charge in [-0.1, -0.05) is 23.7 Å². The molecule has 1 N–H and O–H groups in total. The Balaban J connectivity index is 1.34. The van der Waals surface area contributed by atoms with Crippen LogP contribution in [0.25, 0.3) is 0 Å². The van der Waals surface area contributed by atoms with Crippen molar-refractivity contribution < 1.29 is 14.0 Å². The van der Waals surface area contributed by atoms with Gasteiger partial charge in [-0.2, -0.15) is 0 Å². The fraction of sp³-hybridized carbons (Fsp3) is 0.364.